The third-order valence-corrected chi connectivity index (χ3v) is 5.08. The number of H-pyrrole nitrogens is 1. The van der Waals surface area contributed by atoms with Gasteiger partial charge >= 0.3 is 6.18 Å². The number of halogens is 3. The molecule has 5 nitrogen and oxygen atoms in total. The van der Waals surface area contributed by atoms with E-state index in [-0.39, 0.29) is 12.8 Å². The van der Waals surface area contributed by atoms with Crippen LogP contribution >= 0.6 is 0 Å². The van der Waals surface area contributed by atoms with E-state index in [1.165, 1.54) is 6.20 Å². The van der Waals surface area contributed by atoms with Gasteiger partial charge in [-0.05, 0) is 19.3 Å². The van der Waals surface area contributed by atoms with E-state index in [0.29, 0.717) is 12.8 Å². The lowest BCUT2D eigenvalue weighted by atomic mass is 9.86. The van der Waals surface area contributed by atoms with Gasteiger partial charge in [-0.2, -0.15) is 13.2 Å². The molecule has 2 atom stereocenters. The van der Waals surface area contributed by atoms with Crippen molar-refractivity contribution in [1.82, 2.24) is 9.71 Å². The van der Waals surface area contributed by atoms with Gasteiger partial charge in [0.1, 0.15) is 4.90 Å². The third-order valence-electron chi connectivity index (χ3n) is 3.54. The summed E-state index contributed by atoms with van der Waals surface area (Å²) >= 11 is 0. The molecule has 1 heterocycles. The Morgan fingerprint density at radius 3 is 2.62 bits per heavy atom. The average Bonchev–Trinajstić information content (AvgIpc) is 2.37. The molecule has 1 aliphatic rings. The van der Waals surface area contributed by atoms with Gasteiger partial charge in [0.25, 0.3) is 0 Å². The summed E-state index contributed by atoms with van der Waals surface area (Å²) in [6, 6.07) is 0.239. The highest BCUT2D eigenvalue weighted by Gasteiger charge is 2.42. The summed E-state index contributed by atoms with van der Waals surface area (Å²) in [7, 11) is -4.12. The number of aromatic amines is 1. The predicted octanol–water partition coefficient (Wildman–Crippen LogP) is 1.77. The minimum absolute atomic E-state index is 0.00759. The van der Waals surface area contributed by atoms with E-state index >= 15 is 0 Å². The number of alkyl halides is 3. The minimum Gasteiger partial charge on any atom is -0.366 e. The zero-order chi connectivity index (χ0) is 15.7. The second kappa shape index (κ2) is 5.80. The normalized spacial score (nSPS) is 24.0. The molecule has 2 N–H and O–H groups in total. The van der Waals surface area contributed by atoms with Crippen LogP contribution in [0.25, 0.3) is 0 Å². The van der Waals surface area contributed by atoms with E-state index in [0.717, 1.165) is 12.3 Å². The SMILES string of the molecule is O=c1cc[nH]cc1S(=O)(=O)NC1CCCC(C(F)(F)F)C1. The number of nitrogens with one attached hydrogen (secondary N) is 2. The van der Waals surface area contributed by atoms with Gasteiger partial charge < -0.3 is 4.98 Å². The van der Waals surface area contributed by atoms with Crippen LogP contribution in [0.2, 0.25) is 0 Å². The lowest BCUT2D eigenvalue weighted by Gasteiger charge is -2.30. The molecule has 1 aromatic rings. The van der Waals surface area contributed by atoms with Crippen LogP contribution in [-0.4, -0.2) is 25.6 Å². The number of hydrogen-bond acceptors (Lipinski definition) is 3. The summed E-state index contributed by atoms with van der Waals surface area (Å²) in [4.78, 5) is 13.5. The first kappa shape index (κ1) is 16.0. The first-order chi connectivity index (χ1) is 9.70. The Labute approximate surface area is 119 Å². The van der Waals surface area contributed by atoms with Crippen LogP contribution in [0, 0.1) is 5.92 Å². The summed E-state index contributed by atoms with van der Waals surface area (Å²) in [5.41, 5.74) is -0.704. The molecule has 1 saturated carbocycles. The van der Waals surface area contributed by atoms with Crippen LogP contribution in [0.15, 0.2) is 28.2 Å². The number of aromatic nitrogens is 1. The Hall–Kier alpha value is -1.35. The van der Waals surface area contributed by atoms with Gasteiger partial charge in [-0.3, -0.25) is 4.79 Å². The summed E-state index contributed by atoms with van der Waals surface area (Å²) in [6.07, 6.45) is -1.69. The molecule has 0 spiro atoms. The fraction of sp³-hybridized carbons (Fsp3) is 0.583. The standard InChI is InChI=1S/C12H15F3N2O3S/c13-12(14,15)8-2-1-3-9(6-8)17-21(19,20)11-7-16-5-4-10(11)18/h4-5,7-9,17H,1-3,6H2,(H,16,18). The van der Waals surface area contributed by atoms with Crippen molar-refractivity contribution in [3.63, 3.8) is 0 Å². The number of sulfonamides is 1. The highest BCUT2D eigenvalue weighted by Crippen LogP contribution is 2.37. The molecule has 0 aromatic carbocycles. The van der Waals surface area contributed by atoms with Crippen LogP contribution in [-0.2, 0) is 10.0 Å². The molecule has 0 bridgehead atoms. The van der Waals surface area contributed by atoms with Crippen molar-refractivity contribution in [1.29, 1.82) is 0 Å². The Balaban J connectivity index is 2.14. The van der Waals surface area contributed by atoms with Gasteiger partial charge in [-0.25, -0.2) is 13.1 Å². The molecule has 118 valence electrons. The van der Waals surface area contributed by atoms with Crippen molar-refractivity contribution in [2.24, 2.45) is 5.92 Å². The third kappa shape index (κ3) is 3.85. The van der Waals surface area contributed by atoms with Crippen molar-refractivity contribution < 1.29 is 21.6 Å². The maximum atomic E-state index is 12.7. The van der Waals surface area contributed by atoms with Gasteiger partial charge in [-0.1, -0.05) is 6.42 Å². The minimum atomic E-state index is -4.33. The van der Waals surface area contributed by atoms with E-state index in [1.807, 2.05) is 0 Å². The summed E-state index contributed by atoms with van der Waals surface area (Å²) in [5, 5.41) is 0. The largest absolute Gasteiger partial charge is 0.391 e. The maximum absolute atomic E-state index is 12.7. The summed E-state index contributed by atoms with van der Waals surface area (Å²) in [6.45, 7) is 0. The van der Waals surface area contributed by atoms with Crippen molar-refractivity contribution in [3.8, 4) is 0 Å². The van der Waals surface area contributed by atoms with Crippen molar-refractivity contribution in [2.75, 3.05) is 0 Å². The van der Waals surface area contributed by atoms with E-state index in [9.17, 15) is 26.4 Å². The quantitative estimate of drug-likeness (QED) is 0.889. The molecule has 2 rings (SSSR count). The molecule has 1 aliphatic carbocycles. The first-order valence-electron chi connectivity index (χ1n) is 6.46. The molecule has 1 fully saturated rings. The van der Waals surface area contributed by atoms with Gasteiger partial charge in [0.2, 0.25) is 15.5 Å². The second-order valence-corrected chi connectivity index (χ2v) is 6.78. The second-order valence-electron chi connectivity index (χ2n) is 5.10. The Morgan fingerprint density at radius 2 is 2.00 bits per heavy atom. The fourth-order valence-corrected chi connectivity index (χ4v) is 3.82. The van der Waals surface area contributed by atoms with Crippen LogP contribution < -0.4 is 10.2 Å². The zero-order valence-electron chi connectivity index (χ0n) is 11.0. The zero-order valence-corrected chi connectivity index (χ0v) is 11.8. The predicted molar refractivity (Wildman–Crippen MR) is 69.2 cm³/mol. The smallest absolute Gasteiger partial charge is 0.366 e. The van der Waals surface area contributed by atoms with Crippen molar-refractivity contribution >= 4 is 10.0 Å². The van der Waals surface area contributed by atoms with Gasteiger partial charge in [0, 0.05) is 24.5 Å². The van der Waals surface area contributed by atoms with Crippen LogP contribution in [0.5, 0.6) is 0 Å². The van der Waals surface area contributed by atoms with Crippen LogP contribution in [0.3, 0.4) is 0 Å². The van der Waals surface area contributed by atoms with Crippen LogP contribution in [0.1, 0.15) is 25.7 Å². The van der Waals surface area contributed by atoms with E-state index in [2.05, 4.69) is 9.71 Å². The number of rotatable bonds is 3. The molecule has 0 amide bonds. The molecule has 21 heavy (non-hydrogen) atoms. The monoisotopic (exact) mass is 324 g/mol. The Bertz CT molecular complexity index is 654. The molecule has 0 aliphatic heterocycles. The topological polar surface area (TPSA) is 79.0 Å². The van der Waals surface area contributed by atoms with E-state index in [4.69, 9.17) is 0 Å². The lowest BCUT2D eigenvalue weighted by molar-refractivity contribution is -0.183. The molecule has 2 unspecified atom stereocenters. The van der Waals surface area contributed by atoms with Gasteiger partial charge in [0.15, 0.2) is 0 Å². The molecule has 9 heteroatoms. The average molecular weight is 324 g/mol. The van der Waals surface area contributed by atoms with Crippen molar-refractivity contribution in [3.05, 3.63) is 28.7 Å². The van der Waals surface area contributed by atoms with Crippen LogP contribution in [0.4, 0.5) is 13.2 Å². The lowest BCUT2D eigenvalue weighted by Crippen LogP contribution is -2.42. The summed E-state index contributed by atoms with van der Waals surface area (Å²) < 4.78 is 64.4. The highest BCUT2D eigenvalue weighted by atomic mass is 32.2. The number of hydrogen-bond donors (Lipinski definition) is 2. The highest BCUT2D eigenvalue weighted by molar-refractivity contribution is 7.89. The van der Waals surface area contributed by atoms with Gasteiger partial charge in [0.05, 0.1) is 5.92 Å². The summed E-state index contributed by atoms with van der Waals surface area (Å²) in [5.74, 6) is -1.51. The molecule has 0 radical (unpaired) electrons. The molecular formula is C12H15F3N2O3S. The molecular weight excluding hydrogens is 309 g/mol. The maximum Gasteiger partial charge on any atom is 0.391 e. The first-order valence-corrected chi connectivity index (χ1v) is 7.94. The number of pyridine rings is 1. The molecule has 1 aromatic heterocycles. The Morgan fingerprint density at radius 1 is 1.29 bits per heavy atom. The van der Waals surface area contributed by atoms with Gasteiger partial charge in [-0.15, -0.1) is 0 Å². The Kier molecular flexibility index (Phi) is 4.43. The molecule has 0 saturated heterocycles. The van der Waals surface area contributed by atoms with E-state index < -0.39 is 38.5 Å². The van der Waals surface area contributed by atoms with Crippen molar-refractivity contribution in [2.45, 2.75) is 42.8 Å². The van der Waals surface area contributed by atoms with E-state index in [1.54, 1.807) is 0 Å². The fourth-order valence-electron chi connectivity index (χ4n) is 2.49.